The van der Waals surface area contributed by atoms with Crippen LogP contribution in [0.4, 0.5) is 5.69 Å². The summed E-state index contributed by atoms with van der Waals surface area (Å²) >= 11 is 0. The van der Waals surface area contributed by atoms with E-state index in [2.05, 4.69) is 34.9 Å². The molecule has 140 valence electrons. The molecule has 0 fully saturated rings. The zero-order valence-corrected chi connectivity index (χ0v) is 16.1. The number of aryl methyl sites for hydroxylation is 3. The normalized spacial score (nSPS) is 10.9. The quantitative estimate of drug-likeness (QED) is 0.582. The SMILES string of the molecule is C/C(=N/NC(=O)CNc1c(C)cc(C)cc1C)c1ccc(OCC#N)cc1. The van der Waals surface area contributed by atoms with Gasteiger partial charge in [0, 0.05) is 5.69 Å². The lowest BCUT2D eigenvalue weighted by Crippen LogP contribution is -2.27. The summed E-state index contributed by atoms with van der Waals surface area (Å²) in [6.07, 6.45) is 0. The fourth-order valence-corrected chi connectivity index (χ4v) is 2.79. The standard InChI is InChI=1S/C21H24N4O2/c1-14-11-15(2)21(16(3)12-14)23-13-20(26)25-24-17(4)18-5-7-19(8-6-18)27-10-9-22/h5-8,11-12,23H,10,13H2,1-4H3,(H,25,26)/b24-17-. The van der Waals surface area contributed by atoms with Crippen molar-refractivity contribution in [1.82, 2.24) is 5.43 Å². The van der Waals surface area contributed by atoms with E-state index in [1.807, 2.05) is 39.0 Å². The number of ether oxygens (including phenoxy) is 1. The van der Waals surface area contributed by atoms with Crippen LogP contribution in [0.5, 0.6) is 5.75 Å². The number of benzene rings is 2. The molecule has 0 atom stereocenters. The summed E-state index contributed by atoms with van der Waals surface area (Å²) in [7, 11) is 0. The number of hydrogen-bond donors (Lipinski definition) is 2. The molecule has 1 amide bonds. The molecule has 0 aliphatic rings. The van der Waals surface area contributed by atoms with Crippen LogP contribution < -0.4 is 15.5 Å². The Balaban J connectivity index is 1.91. The second kappa shape index (κ2) is 9.39. The molecule has 0 heterocycles. The summed E-state index contributed by atoms with van der Waals surface area (Å²) in [5, 5.41) is 15.8. The van der Waals surface area contributed by atoms with Crippen molar-refractivity contribution in [3.63, 3.8) is 0 Å². The first-order valence-corrected chi connectivity index (χ1v) is 8.65. The van der Waals surface area contributed by atoms with E-state index in [4.69, 9.17) is 10.00 Å². The highest BCUT2D eigenvalue weighted by atomic mass is 16.5. The van der Waals surface area contributed by atoms with Crippen LogP contribution >= 0.6 is 0 Å². The van der Waals surface area contributed by atoms with Gasteiger partial charge in [-0.15, -0.1) is 0 Å². The van der Waals surface area contributed by atoms with E-state index in [9.17, 15) is 4.79 Å². The molecule has 6 nitrogen and oxygen atoms in total. The Morgan fingerprint density at radius 2 is 1.78 bits per heavy atom. The lowest BCUT2D eigenvalue weighted by Gasteiger charge is -2.13. The van der Waals surface area contributed by atoms with E-state index in [1.165, 1.54) is 5.56 Å². The van der Waals surface area contributed by atoms with E-state index in [1.54, 1.807) is 12.1 Å². The summed E-state index contributed by atoms with van der Waals surface area (Å²) in [6, 6.07) is 13.3. The Morgan fingerprint density at radius 3 is 2.37 bits per heavy atom. The second-order valence-corrected chi connectivity index (χ2v) is 6.33. The number of carbonyl (C=O) groups is 1. The highest BCUT2D eigenvalue weighted by molar-refractivity contribution is 5.99. The highest BCUT2D eigenvalue weighted by Crippen LogP contribution is 2.21. The third kappa shape index (κ3) is 5.86. The molecule has 0 radical (unpaired) electrons. The van der Waals surface area contributed by atoms with Gasteiger partial charge in [-0.2, -0.15) is 10.4 Å². The van der Waals surface area contributed by atoms with E-state index < -0.39 is 0 Å². The number of carbonyl (C=O) groups excluding carboxylic acids is 1. The maximum absolute atomic E-state index is 12.1. The molecule has 27 heavy (non-hydrogen) atoms. The summed E-state index contributed by atoms with van der Waals surface area (Å²) in [5.74, 6) is 0.396. The van der Waals surface area contributed by atoms with Gasteiger partial charge in [-0.3, -0.25) is 4.79 Å². The van der Waals surface area contributed by atoms with Crippen molar-refractivity contribution in [3.8, 4) is 11.8 Å². The number of nitrogens with one attached hydrogen (secondary N) is 2. The van der Waals surface area contributed by atoms with Crippen LogP contribution in [0.2, 0.25) is 0 Å². The van der Waals surface area contributed by atoms with Crippen molar-refractivity contribution in [3.05, 3.63) is 58.7 Å². The fourth-order valence-electron chi connectivity index (χ4n) is 2.79. The van der Waals surface area contributed by atoms with E-state index in [0.29, 0.717) is 11.5 Å². The number of rotatable bonds is 7. The van der Waals surface area contributed by atoms with Gasteiger partial charge in [-0.1, -0.05) is 17.7 Å². The molecule has 0 aromatic heterocycles. The fraction of sp³-hybridized carbons (Fsp3) is 0.286. The predicted molar refractivity (Wildman–Crippen MR) is 107 cm³/mol. The summed E-state index contributed by atoms with van der Waals surface area (Å²) < 4.78 is 5.21. The molecule has 0 bridgehead atoms. The smallest absolute Gasteiger partial charge is 0.259 e. The Kier molecular flexibility index (Phi) is 6.95. The third-order valence-corrected chi connectivity index (χ3v) is 4.03. The van der Waals surface area contributed by atoms with Gasteiger partial charge in [0.25, 0.3) is 5.91 Å². The van der Waals surface area contributed by atoms with Crippen LogP contribution in [0, 0.1) is 32.1 Å². The second-order valence-electron chi connectivity index (χ2n) is 6.33. The van der Waals surface area contributed by atoms with Gasteiger partial charge >= 0.3 is 0 Å². The first kappa shape index (κ1) is 20.0. The van der Waals surface area contributed by atoms with Crippen molar-refractivity contribution >= 4 is 17.3 Å². The molecule has 2 aromatic rings. The molecule has 2 aromatic carbocycles. The Bertz CT molecular complexity index is 857. The number of anilines is 1. The first-order valence-electron chi connectivity index (χ1n) is 8.65. The van der Waals surface area contributed by atoms with Crippen LogP contribution in [-0.4, -0.2) is 24.8 Å². The maximum Gasteiger partial charge on any atom is 0.259 e. The number of nitriles is 1. The van der Waals surface area contributed by atoms with Crippen molar-refractivity contribution in [1.29, 1.82) is 5.26 Å². The number of amides is 1. The van der Waals surface area contributed by atoms with E-state index in [0.717, 1.165) is 22.4 Å². The van der Waals surface area contributed by atoms with Gasteiger partial charge in [0.2, 0.25) is 0 Å². The number of nitrogens with zero attached hydrogens (tertiary/aromatic N) is 2. The molecular formula is C21H24N4O2. The molecule has 0 spiro atoms. The molecule has 0 saturated heterocycles. The average molecular weight is 364 g/mol. The summed E-state index contributed by atoms with van der Waals surface area (Å²) in [4.78, 5) is 12.1. The average Bonchev–Trinajstić information content (AvgIpc) is 2.64. The topological polar surface area (TPSA) is 86.5 Å². The monoisotopic (exact) mass is 364 g/mol. The Hall–Kier alpha value is -3.33. The number of hydrazone groups is 1. The number of hydrogen-bond acceptors (Lipinski definition) is 5. The largest absolute Gasteiger partial charge is 0.479 e. The highest BCUT2D eigenvalue weighted by Gasteiger charge is 2.06. The van der Waals surface area contributed by atoms with Gasteiger partial charge in [0.15, 0.2) is 6.61 Å². The van der Waals surface area contributed by atoms with E-state index in [-0.39, 0.29) is 19.1 Å². The van der Waals surface area contributed by atoms with Gasteiger partial charge in [-0.25, -0.2) is 5.43 Å². The minimum absolute atomic E-state index is 0.00933. The zero-order chi connectivity index (χ0) is 19.8. The molecule has 6 heteroatoms. The van der Waals surface area contributed by atoms with Crippen molar-refractivity contribution in [2.24, 2.45) is 5.10 Å². The molecule has 2 rings (SSSR count). The molecule has 0 unspecified atom stereocenters. The van der Waals surface area contributed by atoms with Crippen molar-refractivity contribution in [2.75, 3.05) is 18.5 Å². The van der Waals surface area contributed by atoms with E-state index >= 15 is 0 Å². The molecule has 0 aliphatic heterocycles. The van der Waals surface area contributed by atoms with Gasteiger partial charge in [-0.05, 0) is 68.7 Å². The Morgan fingerprint density at radius 1 is 1.15 bits per heavy atom. The van der Waals surface area contributed by atoms with Gasteiger partial charge < -0.3 is 10.1 Å². The Labute approximate surface area is 159 Å². The van der Waals surface area contributed by atoms with Crippen LogP contribution in [0.3, 0.4) is 0 Å². The minimum Gasteiger partial charge on any atom is -0.479 e. The van der Waals surface area contributed by atoms with Gasteiger partial charge in [0.05, 0.1) is 12.3 Å². The van der Waals surface area contributed by atoms with Crippen LogP contribution in [-0.2, 0) is 4.79 Å². The van der Waals surface area contributed by atoms with Crippen LogP contribution in [0.15, 0.2) is 41.5 Å². The zero-order valence-electron chi connectivity index (χ0n) is 16.1. The van der Waals surface area contributed by atoms with Crippen LogP contribution in [0.1, 0.15) is 29.2 Å². The predicted octanol–water partition coefficient (Wildman–Crippen LogP) is 3.47. The molecule has 2 N–H and O–H groups in total. The molecular weight excluding hydrogens is 340 g/mol. The molecule has 0 aliphatic carbocycles. The van der Waals surface area contributed by atoms with Crippen LogP contribution in [0.25, 0.3) is 0 Å². The first-order chi connectivity index (χ1) is 12.9. The van der Waals surface area contributed by atoms with Gasteiger partial charge in [0.1, 0.15) is 11.8 Å². The third-order valence-electron chi connectivity index (χ3n) is 4.03. The minimum atomic E-state index is -0.220. The summed E-state index contributed by atoms with van der Waals surface area (Å²) in [5.41, 5.74) is 8.49. The maximum atomic E-state index is 12.1. The summed E-state index contributed by atoms with van der Waals surface area (Å²) in [6.45, 7) is 8.06. The van der Waals surface area contributed by atoms with Crippen molar-refractivity contribution in [2.45, 2.75) is 27.7 Å². The lowest BCUT2D eigenvalue weighted by atomic mass is 10.1. The lowest BCUT2D eigenvalue weighted by molar-refractivity contribution is -0.119. The molecule has 0 saturated carbocycles. The van der Waals surface area contributed by atoms with Crippen molar-refractivity contribution < 1.29 is 9.53 Å².